The minimum Gasteiger partial charge on any atom is -0.381 e. The van der Waals surface area contributed by atoms with E-state index >= 15 is 0 Å². The summed E-state index contributed by atoms with van der Waals surface area (Å²) in [6.07, 6.45) is 2.86. The van der Waals surface area contributed by atoms with Crippen molar-refractivity contribution in [1.82, 2.24) is 20.7 Å². The normalized spacial score (nSPS) is 24.8. The van der Waals surface area contributed by atoms with E-state index in [0.717, 1.165) is 25.3 Å². The first-order valence-electron chi connectivity index (χ1n) is 4.52. The summed E-state index contributed by atoms with van der Waals surface area (Å²) in [5, 5.41) is 13.8. The molecule has 0 aromatic carbocycles. The number of rotatable bonds is 3. The fraction of sp³-hybridized carbons (Fsp3) is 0.750. The van der Waals surface area contributed by atoms with Gasteiger partial charge in [-0.2, -0.15) is 15.4 Å². The molecule has 0 aliphatic carbocycles. The Balaban J connectivity index is 2.08. The van der Waals surface area contributed by atoms with Gasteiger partial charge in [-0.05, 0) is 13.5 Å². The number of aromatic amines is 1. The van der Waals surface area contributed by atoms with Crippen LogP contribution in [0.25, 0.3) is 0 Å². The van der Waals surface area contributed by atoms with Crippen LogP contribution in [0.3, 0.4) is 0 Å². The Labute approximate surface area is 76.9 Å². The Morgan fingerprint density at radius 2 is 2.69 bits per heavy atom. The third kappa shape index (κ3) is 1.71. The van der Waals surface area contributed by atoms with E-state index < -0.39 is 0 Å². The van der Waals surface area contributed by atoms with Crippen molar-refractivity contribution >= 4 is 0 Å². The molecule has 0 spiro atoms. The van der Waals surface area contributed by atoms with Gasteiger partial charge in [0, 0.05) is 12.5 Å². The monoisotopic (exact) mass is 182 g/mol. The van der Waals surface area contributed by atoms with Crippen molar-refractivity contribution in [2.45, 2.75) is 12.5 Å². The third-order valence-corrected chi connectivity index (χ3v) is 2.50. The molecule has 13 heavy (non-hydrogen) atoms. The minimum atomic E-state index is 0.265. The second kappa shape index (κ2) is 3.85. The molecule has 2 rings (SSSR count). The zero-order chi connectivity index (χ0) is 9.10. The number of nitrogens with one attached hydrogen (secondary N) is 2. The quantitative estimate of drug-likeness (QED) is 0.696. The van der Waals surface area contributed by atoms with Crippen LogP contribution in [0, 0.1) is 5.92 Å². The summed E-state index contributed by atoms with van der Waals surface area (Å²) in [7, 11) is 1.94. The number of aromatic nitrogens is 3. The van der Waals surface area contributed by atoms with Gasteiger partial charge in [-0.1, -0.05) is 0 Å². The summed E-state index contributed by atoms with van der Waals surface area (Å²) in [6.45, 7) is 1.68. The summed E-state index contributed by atoms with van der Waals surface area (Å²) < 4.78 is 5.34. The molecule has 5 nitrogen and oxygen atoms in total. The molecule has 2 heterocycles. The Bertz CT molecular complexity index is 243. The topological polar surface area (TPSA) is 62.8 Å². The van der Waals surface area contributed by atoms with Gasteiger partial charge in [0.05, 0.1) is 24.5 Å². The standard InChI is InChI=1S/C8H14N4O/c1-9-8(6-2-3-13-5-6)7-4-10-12-11-7/h4,6,8-9H,2-3,5H2,1H3,(H,10,11,12). The molecule has 0 bridgehead atoms. The van der Waals surface area contributed by atoms with Gasteiger partial charge < -0.3 is 10.1 Å². The lowest BCUT2D eigenvalue weighted by Gasteiger charge is -2.18. The summed E-state index contributed by atoms with van der Waals surface area (Å²) in [5.41, 5.74) is 0.970. The SMILES string of the molecule is CNC(c1cn[nH]n1)C1CCOC1. The van der Waals surface area contributed by atoms with E-state index in [2.05, 4.69) is 20.7 Å². The van der Waals surface area contributed by atoms with E-state index in [1.165, 1.54) is 0 Å². The van der Waals surface area contributed by atoms with Crippen LogP contribution in [-0.2, 0) is 4.74 Å². The van der Waals surface area contributed by atoms with Crippen molar-refractivity contribution < 1.29 is 4.74 Å². The molecular formula is C8H14N4O. The average Bonchev–Trinajstić information content (AvgIpc) is 2.76. The van der Waals surface area contributed by atoms with Crippen molar-refractivity contribution in [2.24, 2.45) is 5.92 Å². The van der Waals surface area contributed by atoms with Crippen LogP contribution in [0.2, 0.25) is 0 Å². The zero-order valence-corrected chi connectivity index (χ0v) is 7.66. The molecule has 1 aromatic rings. The highest BCUT2D eigenvalue weighted by Gasteiger charge is 2.27. The summed E-state index contributed by atoms with van der Waals surface area (Å²) in [6, 6.07) is 0.265. The van der Waals surface area contributed by atoms with E-state index in [9.17, 15) is 0 Å². The van der Waals surface area contributed by atoms with Gasteiger partial charge in [-0.25, -0.2) is 0 Å². The molecule has 2 atom stereocenters. The van der Waals surface area contributed by atoms with Crippen molar-refractivity contribution in [3.8, 4) is 0 Å². The van der Waals surface area contributed by atoms with Crippen LogP contribution < -0.4 is 5.32 Å². The predicted molar refractivity (Wildman–Crippen MR) is 47.1 cm³/mol. The molecule has 1 aliphatic rings. The molecule has 0 saturated carbocycles. The summed E-state index contributed by atoms with van der Waals surface area (Å²) >= 11 is 0. The van der Waals surface area contributed by atoms with E-state index in [1.807, 2.05) is 7.05 Å². The molecule has 1 saturated heterocycles. The van der Waals surface area contributed by atoms with Gasteiger partial charge in [-0.15, -0.1) is 0 Å². The van der Waals surface area contributed by atoms with Crippen molar-refractivity contribution in [1.29, 1.82) is 0 Å². The van der Waals surface area contributed by atoms with Gasteiger partial charge in [0.15, 0.2) is 0 Å². The zero-order valence-electron chi connectivity index (χ0n) is 7.66. The number of hydrogen-bond acceptors (Lipinski definition) is 4. The Morgan fingerprint density at radius 3 is 3.23 bits per heavy atom. The molecule has 0 amide bonds. The molecule has 72 valence electrons. The maximum absolute atomic E-state index is 5.34. The number of nitrogens with zero attached hydrogens (tertiary/aromatic N) is 2. The second-order valence-corrected chi connectivity index (χ2v) is 3.28. The molecule has 5 heteroatoms. The molecule has 1 aromatic heterocycles. The maximum atomic E-state index is 5.34. The van der Waals surface area contributed by atoms with E-state index in [0.29, 0.717) is 5.92 Å². The van der Waals surface area contributed by atoms with Crippen LogP contribution in [0.5, 0.6) is 0 Å². The average molecular weight is 182 g/mol. The molecule has 1 fully saturated rings. The van der Waals surface area contributed by atoms with Gasteiger partial charge in [0.1, 0.15) is 0 Å². The van der Waals surface area contributed by atoms with Crippen LogP contribution in [0.1, 0.15) is 18.2 Å². The number of hydrogen-bond donors (Lipinski definition) is 2. The highest BCUT2D eigenvalue weighted by atomic mass is 16.5. The lowest BCUT2D eigenvalue weighted by atomic mass is 9.97. The van der Waals surface area contributed by atoms with Crippen molar-refractivity contribution in [3.05, 3.63) is 11.9 Å². The van der Waals surface area contributed by atoms with E-state index in [1.54, 1.807) is 6.20 Å². The first-order valence-corrected chi connectivity index (χ1v) is 4.52. The highest BCUT2D eigenvalue weighted by molar-refractivity contribution is 5.02. The van der Waals surface area contributed by atoms with Gasteiger partial charge in [0.25, 0.3) is 0 Å². The first kappa shape index (κ1) is 8.65. The van der Waals surface area contributed by atoms with Gasteiger partial charge >= 0.3 is 0 Å². The van der Waals surface area contributed by atoms with Crippen LogP contribution >= 0.6 is 0 Å². The van der Waals surface area contributed by atoms with Crippen LogP contribution in [-0.4, -0.2) is 35.7 Å². The minimum absolute atomic E-state index is 0.265. The molecule has 2 N–H and O–H groups in total. The van der Waals surface area contributed by atoms with Crippen molar-refractivity contribution in [3.63, 3.8) is 0 Å². The summed E-state index contributed by atoms with van der Waals surface area (Å²) in [5.74, 6) is 0.523. The molecule has 0 radical (unpaired) electrons. The van der Waals surface area contributed by atoms with E-state index in [-0.39, 0.29) is 6.04 Å². The van der Waals surface area contributed by atoms with Crippen LogP contribution in [0.15, 0.2) is 6.20 Å². The largest absolute Gasteiger partial charge is 0.381 e. The highest BCUT2D eigenvalue weighted by Crippen LogP contribution is 2.26. The smallest absolute Gasteiger partial charge is 0.0997 e. The third-order valence-electron chi connectivity index (χ3n) is 2.50. The fourth-order valence-electron chi connectivity index (χ4n) is 1.80. The Morgan fingerprint density at radius 1 is 1.77 bits per heavy atom. The lowest BCUT2D eigenvalue weighted by molar-refractivity contribution is 0.177. The molecular weight excluding hydrogens is 168 g/mol. The maximum Gasteiger partial charge on any atom is 0.0997 e. The molecule has 2 unspecified atom stereocenters. The molecule has 1 aliphatic heterocycles. The first-order chi connectivity index (χ1) is 6.42. The lowest BCUT2D eigenvalue weighted by Crippen LogP contribution is -2.25. The van der Waals surface area contributed by atoms with Gasteiger partial charge in [-0.3, -0.25) is 0 Å². The van der Waals surface area contributed by atoms with Crippen LogP contribution in [0.4, 0.5) is 0 Å². The fourth-order valence-corrected chi connectivity index (χ4v) is 1.80. The summed E-state index contributed by atoms with van der Waals surface area (Å²) in [4.78, 5) is 0. The Hall–Kier alpha value is -0.940. The van der Waals surface area contributed by atoms with Crippen molar-refractivity contribution in [2.75, 3.05) is 20.3 Å². The van der Waals surface area contributed by atoms with Gasteiger partial charge in [0.2, 0.25) is 0 Å². The second-order valence-electron chi connectivity index (χ2n) is 3.28. The predicted octanol–water partition coefficient (Wildman–Crippen LogP) is 0.102. The Kier molecular flexibility index (Phi) is 2.56. The number of H-pyrrole nitrogens is 1. The van der Waals surface area contributed by atoms with E-state index in [4.69, 9.17) is 4.74 Å². The number of ether oxygens (including phenoxy) is 1.